The Morgan fingerprint density at radius 1 is 1.28 bits per heavy atom. The van der Waals surface area contributed by atoms with Gasteiger partial charge in [-0.05, 0) is 37.1 Å². The molecule has 0 saturated carbocycles. The van der Waals surface area contributed by atoms with Crippen LogP contribution in [0, 0.1) is 0 Å². The van der Waals surface area contributed by atoms with Gasteiger partial charge in [0, 0.05) is 42.4 Å². The van der Waals surface area contributed by atoms with Gasteiger partial charge in [0.05, 0.1) is 46.4 Å². The van der Waals surface area contributed by atoms with Gasteiger partial charge < -0.3 is 20.3 Å². The first-order valence-corrected chi connectivity index (χ1v) is 14.1. The second-order valence-corrected chi connectivity index (χ2v) is 11.2. The van der Waals surface area contributed by atoms with E-state index in [9.17, 15) is 9.59 Å². The maximum absolute atomic E-state index is 12.9. The number of fused-ring (bicyclic) bond motifs is 2. The molecule has 1 fully saturated rings. The molecule has 3 heterocycles. The zero-order valence-electron chi connectivity index (χ0n) is 19.8. The van der Waals surface area contributed by atoms with Crippen molar-refractivity contribution in [1.29, 1.82) is 0 Å². The number of rotatable bonds is 7. The van der Waals surface area contributed by atoms with Crippen LogP contribution < -0.4 is 15.4 Å². The van der Waals surface area contributed by atoms with E-state index in [1.165, 1.54) is 11.8 Å². The summed E-state index contributed by atoms with van der Waals surface area (Å²) in [6, 6.07) is 9.23. The highest BCUT2D eigenvalue weighted by molar-refractivity contribution is 8.00. The Labute approximate surface area is 222 Å². The lowest BCUT2D eigenvalue weighted by Crippen LogP contribution is -2.45. The van der Waals surface area contributed by atoms with Crippen molar-refractivity contribution in [1.82, 2.24) is 20.2 Å². The van der Waals surface area contributed by atoms with Crippen LogP contribution in [0.1, 0.15) is 23.2 Å². The summed E-state index contributed by atoms with van der Waals surface area (Å²) in [6.45, 7) is 2.77. The number of nitrogens with zero attached hydrogens (tertiary/aromatic N) is 3. The average molecular weight is 544 g/mol. The van der Waals surface area contributed by atoms with Gasteiger partial charge in [0.25, 0.3) is 5.91 Å². The Balaban J connectivity index is 1.09. The molecular weight excluding hydrogens is 518 g/mol. The van der Waals surface area contributed by atoms with Crippen molar-refractivity contribution in [2.45, 2.75) is 28.8 Å². The predicted octanol–water partition coefficient (Wildman–Crippen LogP) is 4.32. The SMILES string of the molecule is COc1ccc2ncc(SCCN3CCC(NC(=O)c4cc5c(cc4Cl)SCC(=O)N5)CC3)nc2c1. The largest absolute Gasteiger partial charge is 0.497 e. The lowest BCUT2D eigenvalue weighted by atomic mass is 10.0. The topological polar surface area (TPSA) is 96.5 Å². The van der Waals surface area contributed by atoms with Crippen molar-refractivity contribution in [3.63, 3.8) is 0 Å². The first-order valence-electron chi connectivity index (χ1n) is 11.7. The molecule has 0 unspecified atom stereocenters. The highest BCUT2D eigenvalue weighted by Gasteiger charge is 2.24. The van der Waals surface area contributed by atoms with E-state index in [1.54, 1.807) is 31.0 Å². The maximum Gasteiger partial charge on any atom is 0.253 e. The van der Waals surface area contributed by atoms with Crippen molar-refractivity contribution in [3.8, 4) is 5.75 Å². The quantitative estimate of drug-likeness (QED) is 0.425. The molecule has 2 aliphatic rings. The number of nitrogens with one attached hydrogen (secondary N) is 2. The fourth-order valence-electron chi connectivity index (χ4n) is 4.29. The summed E-state index contributed by atoms with van der Waals surface area (Å²) >= 11 is 9.49. The lowest BCUT2D eigenvalue weighted by Gasteiger charge is -2.32. The number of methoxy groups -OCH3 is 1. The summed E-state index contributed by atoms with van der Waals surface area (Å²) in [5.41, 5.74) is 2.72. The van der Waals surface area contributed by atoms with Crippen molar-refractivity contribution >= 4 is 63.7 Å². The summed E-state index contributed by atoms with van der Waals surface area (Å²) in [5, 5.41) is 7.24. The van der Waals surface area contributed by atoms with Gasteiger partial charge in [-0.2, -0.15) is 0 Å². The summed E-state index contributed by atoms with van der Waals surface area (Å²) < 4.78 is 5.28. The van der Waals surface area contributed by atoms with E-state index < -0.39 is 0 Å². The van der Waals surface area contributed by atoms with Crippen LogP contribution in [0.2, 0.25) is 5.02 Å². The van der Waals surface area contributed by atoms with Crippen molar-refractivity contribution in [3.05, 3.63) is 47.1 Å². The number of carbonyl (C=O) groups is 2. The highest BCUT2D eigenvalue weighted by Crippen LogP contribution is 2.35. The molecule has 2 aromatic carbocycles. The smallest absolute Gasteiger partial charge is 0.253 e. The van der Waals surface area contributed by atoms with Gasteiger partial charge in [0.15, 0.2) is 0 Å². The van der Waals surface area contributed by atoms with Gasteiger partial charge in [-0.25, -0.2) is 4.98 Å². The first-order chi connectivity index (χ1) is 17.5. The molecule has 3 aromatic rings. The van der Waals surface area contributed by atoms with Crippen LogP contribution in [0.5, 0.6) is 5.75 Å². The van der Waals surface area contributed by atoms with Crippen LogP contribution in [0.15, 0.2) is 46.5 Å². The number of ether oxygens (including phenoxy) is 1. The number of hydrogen-bond acceptors (Lipinski definition) is 8. The van der Waals surface area contributed by atoms with Gasteiger partial charge >= 0.3 is 0 Å². The molecule has 0 atom stereocenters. The van der Waals surface area contributed by atoms with Crippen LogP contribution in [-0.4, -0.2) is 71.0 Å². The monoisotopic (exact) mass is 543 g/mol. The standard InChI is InChI=1S/C25H26ClN5O3S2/c1-34-16-2-3-19-20(10-16)30-24(13-27-19)35-9-8-31-6-4-15(5-7-31)28-25(33)17-11-21-22(12-18(17)26)36-14-23(32)29-21/h2-3,10-13,15H,4-9,14H2,1H3,(H,28,33)(H,29,32). The Hall–Kier alpha value is -2.53. The van der Waals surface area contributed by atoms with Crippen LogP contribution >= 0.6 is 35.1 Å². The molecule has 5 rings (SSSR count). The molecule has 0 radical (unpaired) electrons. The molecular formula is C25H26ClN5O3S2. The van der Waals surface area contributed by atoms with Gasteiger partial charge in [-0.1, -0.05) is 11.6 Å². The van der Waals surface area contributed by atoms with Crippen LogP contribution in [0.3, 0.4) is 0 Å². The number of amides is 2. The molecule has 0 bridgehead atoms. The summed E-state index contributed by atoms with van der Waals surface area (Å²) in [5.74, 6) is 1.77. The molecule has 1 saturated heterocycles. The number of halogens is 1. The molecule has 2 amide bonds. The lowest BCUT2D eigenvalue weighted by molar-refractivity contribution is -0.113. The third-order valence-electron chi connectivity index (χ3n) is 6.25. The van der Waals surface area contributed by atoms with Crippen molar-refractivity contribution in [2.24, 2.45) is 0 Å². The third-order valence-corrected chi connectivity index (χ3v) is 8.50. The molecule has 0 spiro atoms. The Kier molecular flexibility index (Phi) is 7.85. The second kappa shape index (κ2) is 11.2. The number of anilines is 1. The van der Waals surface area contributed by atoms with E-state index in [2.05, 4.69) is 20.5 Å². The fourth-order valence-corrected chi connectivity index (χ4v) is 6.28. The highest BCUT2D eigenvalue weighted by atomic mass is 35.5. The molecule has 11 heteroatoms. The van der Waals surface area contributed by atoms with E-state index in [4.69, 9.17) is 21.3 Å². The molecule has 2 N–H and O–H groups in total. The molecule has 8 nitrogen and oxygen atoms in total. The molecule has 2 aliphatic heterocycles. The predicted molar refractivity (Wildman–Crippen MR) is 145 cm³/mol. The third kappa shape index (κ3) is 5.88. The van der Waals surface area contributed by atoms with Crippen LogP contribution in [0.4, 0.5) is 5.69 Å². The Bertz CT molecular complexity index is 1300. The zero-order valence-corrected chi connectivity index (χ0v) is 22.1. The van der Waals surface area contributed by atoms with E-state index in [1.807, 2.05) is 24.4 Å². The number of likely N-dealkylation sites (tertiary alicyclic amines) is 1. The number of carbonyl (C=O) groups excluding carboxylic acids is 2. The van der Waals surface area contributed by atoms with E-state index in [0.717, 1.165) is 64.9 Å². The van der Waals surface area contributed by atoms with E-state index >= 15 is 0 Å². The van der Waals surface area contributed by atoms with E-state index in [0.29, 0.717) is 22.0 Å². The fraction of sp³-hybridized carbons (Fsp3) is 0.360. The van der Waals surface area contributed by atoms with Gasteiger partial charge in [-0.3, -0.25) is 14.6 Å². The summed E-state index contributed by atoms with van der Waals surface area (Å²) in [4.78, 5) is 37.1. The molecule has 1 aromatic heterocycles. The number of aromatic nitrogens is 2. The molecule has 188 valence electrons. The van der Waals surface area contributed by atoms with Gasteiger partial charge in [0.2, 0.25) is 5.91 Å². The van der Waals surface area contributed by atoms with Crippen LogP contribution in [-0.2, 0) is 4.79 Å². The molecule has 36 heavy (non-hydrogen) atoms. The minimum atomic E-state index is -0.201. The van der Waals surface area contributed by atoms with Gasteiger partial charge in [-0.15, -0.1) is 23.5 Å². The summed E-state index contributed by atoms with van der Waals surface area (Å²) in [6.07, 6.45) is 3.57. The van der Waals surface area contributed by atoms with Gasteiger partial charge in [0.1, 0.15) is 10.8 Å². The van der Waals surface area contributed by atoms with Crippen molar-refractivity contribution < 1.29 is 14.3 Å². The average Bonchev–Trinajstić information content (AvgIpc) is 2.89. The molecule has 0 aliphatic carbocycles. The second-order valence-electron chi connectivity index (χ2n) is 8.67. The Morgan fingerprint density at radius 2 is 2.11 bits per heavy atom. The maximum atomic E-state index is 12.9. The van der Waals surface area contributed by atoms with Crippen molar-refractivity contribution in [2.75, 3.05) is 43.6 Å². The Morgan fingerprint density at radius 3 is 2.92 bits per heavy atom. The normalized spacial score (nSPS) is 16.4. The number of benzene rings is 2. The number of hydrogen-bond donors (Lipinski definition) is 2. The van der Waals surface area contributed by atoms with Crippen LogP contribution in [0.25, 0.3) is 11.0 Å². The minimum Gasteiger partial charge on any atom is -0.497 e. The number of thioether (sulfide) groups is 2. The van der Waals surface area contributed by atoms with E-state index in [-0.39, 0.29) is 17.9 Å². The summed E-state index contributed by atoms with van der Waals surface area (Å²) in [7, 11) is 1.64. The minimum absolute atomic E-state index is 0.0698. The first kappa shape index (κ1) is 25.1. The zero-order chi connectivity index (χ0) is 25.1. The number of piperidine rings is 1.